The van der Waals surface area contributed by atoms with Gasteiger partial charge < -0.3 is 21.1 Å². The molecule has 21 heavy (non-hydrogen) atoms. The summed E-state index contributed by atoms with van der Waals surface area (Å²) in [5, 5.41) is 4.83. The lowest BCUT2D eigenvalue weighted by atomic mass is 10.2. The van der Waals surface area contributed by atoms with E-state index < -0.39 is 5.91 Å². The third-order valence-corrected chi connectivity index (χ3v) is 2.39. The molecule has 1 aromatic carbocycles. The van der Waals surface area contributed by atoms with Gasteiger partial charge in [-0.3, -0.25) is 14.4 Å². The molecule has 3 amide bonds. The van der Waals surface area contributed by atoms with Crippen LogP contribution in [0, 0.1) is 0 Å². The van der Waals surface area contributed by atoms with Gasteiger partial charge >= 0.3 is 0 Å². The molecule has 0 aliphatic heterocycles. The molecule has 1 rings (SSSR count). The van der Waals surface area contributed by atoms with Gasteiger partial charge in [-0.1, -0.05) is 12.1 Å². The van der Waals surface area contributed by atoms with E-state index in [1.54, 1.807) is 30.3 Å². The second-order valence-electron chi connectivity index (χ2n) is 4.05. The van der Waals surface area contributed by atoms with Gasteiger partial charge in [-0.15, -0.1) is 0 Å². The number of rotatable bonds is 7. The highest BCUT2D eigenvalue weighted by molar-refractivity contribution is 5.94. The van der Waals surface area contributed by atoms with Gasteiger partial charge in [-0.05, 0) is 23.8 Å². The molecule has 0 bridgehead atoms. The molecule has 0 saturated carbocycles. The summed E-state index contributed by atoms with van der Waals surface area (Å²) < 4.78 is 5.10. The number of nitrogens with two attached hydrogens (primary N) is 1. The third-order valence-electron chi connectivity index (χ3n) is 2.39. The first-order valence-corrected chi connectivity index (χ1v) is 6.19. The molecular formula is C14H17N3O4. The topological polar surface area (TPSA) is 111 Å². The maximum absolute atomic E-state index is 11.4. The van der Waals surface area contributed by atoms with E-state index in [1.165, 1.54) is 13.1 Å². The number of hydrogen-bond acceptors (Lipinski definition) is 4. The first-order chi connectivity index (χ1) is 10.0. The van der Waals surface area contributed by atoms with Crippen LogP contribution in [-0.4, -0.2) is 37.9 Å². The summed E-state index contributed by atoms with van der Waals surface area (Å²) in [6, 6.07) is 6.76. The predicted octanol–water partition coefficient (Wildman–Crippen LogP) is -0.574. The molecule has 4 N–H and O–H groups in total. The Morgan fingerprint density at radius 2 is 1.90 bits per heavy atom. The van der Waals surface area contributed by atoms with Crippen LogP contribution in [0.2, 0.25) is 0 Å². The number of primary amides is 1. The molecule has 0 aromatic heterocycles. The highest BCUT2D eigenvalue weighted by atomic mass is 16.5. The minimum absolute atomic E-state index is 0.0699. The van der Waals surface area contributed by atoms with E-state index in [9.17, 15) is 14.4 Å². The number of carbonyl (C=O) groups excluding carboxylic acids is 3. The summed E-state index contributed by atoms with van der Waals surface area (Å²) in [6.07, 6.45) is 2.92. The van der Waals surface area contributed by atoms with E-state index >= 15 is 0 Å². The van der Waals surface area contributed by atoms with Gasteiger partial charge in [0.2, 0.25) is 11.8 Å². The number of carbonyl (C=O) groups is 3. The maximum Gasteiger partial charge on any atom is 0.255 e. The summed E-state index contributed by atoms with van der Waals surface area (Å²) >= 11 is 0. The molecule has 112 valence electrons. The number of nitrogens with one attached hydrogen (secondary N) is 2. The van der Waals surface area contributed by atoms with Crippen LogP contribution in [-0.2, 0) is 14.4 Å². The first-order valence-electron chi connectivity index (χ1n) is 6.19. The Labute approximate surface area is 122 Å². The highest BCUT2D eigenvalue weighted by Gasteiger charge is 2.00. The van der Waals surface area contributed by atoms with Gasteiger partial charge in [0.1, 0.15) is 5.75 Å². The van der Waals surface area contributed by atoms with Crippen LogP contribution in [0.3, 0.4) is 0 Å². The van der Waals surface area contributed by atoms with Crippen molar-refractivity contribution >= 4 is 23.8 Å². The summed E-state index contributed by atoms with van der Waals surface area (Å²) in [6.45, 7) is -0.253. The van der Waals surface area contributed by atoms with Crippen LogP contribution in [0.4, 0.5) is 0 Å². The van der Waals surface area contributed by atoms with Crippen LogP contribution in [0.5, 0.6) is 5.75 Å². The van der Waals surface area contributed by atoms with Crippen LogP contribution in [0.15, 0.2) is 30.3 Å². The summed E-state index contributed by atoms with van der Waals surface area (Å²) in [5.74, 6) is -0.679. The average molecular weight is 291 g/mol. The van der Waals surface area contributed by atoms with Crippen LogP contribution >= 0.6 is 0 Å². The van der Waals surface area contributed by atoms with Gasteiger partial charge in [0.05, 0.1) is 6.54 Å². The van der Waals surface area contributed by atoms with E-state index in [0.29, 0.717) is 5.75 Å². The molecule has 0 heterocycles. The largest absolute Gasteiger partial charge is 0.484 e. The minimum Gasteiger partial charge on any atom is -0.484 e. The number of benzene rings is 1. The van der Waals surface area contributed by atoms with Crippen molar-refractivity contribution in [3.8, 4) is 5.75 Å². The van der Waals surface area contributed by atoms with Gasteiger partial charge in [0.25, 0.3) is 5.91 Å². The number of amides is 3. The summed E-state index contributed by atoms with van der Waals surface area (Å²) in [7, 11) is 1.49. The molecule has 0 saturated heterocycles. The Kier molecular flexibility index (Phi) is 6.46. The quantitative estimate of drug-likeness (QED) is 0.584. The standard InChI is InChI=1S/C14H17N3O4/c1-16-14(20)8-17-13(19)7-4-10-2-5-11(6-3-10)21-9-12(15)18/h2-7H,8-9H2,1H3,(H2,15,18)(H,16,20)(H,17,19)/b7-4+. The smallest absolute Gasteiger partial charge is 0.255 e. The molecular weight excluding hydrogens is 274 g/mol. The monoisotopic (exact) mass is 291 g/mol. The van der Waals surface area contributed by atoms with Crippen molar-refractivity contribution in [2.24, 2.45) is 5.73 Å². The zero-order chi connectivity index (χ0) is 15.7. The predicted molar refractivity (Wildman–Crippen MR) is 77.2 cm³/mol. The van der Waals surface area contributed by atoms with E-state index in [-0.39, 0.29) is 25.0 Å². The lowest BCUT2D eigenvalue weighted by molar-refractivity contribution is -0.123. The van der Waals surface area contributed by atoms with Crippen molar-refractivity contribution in [1.29, 1.82) is 0 Å². The Morgan fingerprint density at radius 1 is 1.24 bits per heavy atom. The average Bonchev–Trinajstić information content (AvgIpc) is 2.49. The van der Waals surface area contributed by atoms with E-state index in [4.69, 9.17) is 10.5 Å². The van der Waals surface area contributed by atoms with Crippen LogP contribution in [0.25, 0.3) is 6.08 Å². The van der Waals surface area contributed by atoms with Gasteiger partial charge in [0, 0.05) is 13.1 Å². The normalized spacial score (nSPS) is 10.1. The molecule has 0 atom stereocenters. The molecule has 0 radical (unpaired) electrons. The molecule has 0 fully saturated rings. The number of likely N-dealkylation sites (N-methyl/N-ethyl adjacent to an activating group) is 1. The molecule has 7 heteroatoms. The number of ether oxygens (including phenoxy) is 1. The van der Waals surface area contributed by atoms with Crippen molar-refractivity contribution in [3.63, 3.8) is 0 Å². The number of hydrogen-bond donors (Lipinski definition) is 3. The zero-order valence-electron chi connectivity index (χ0n) is 11.6. The Balaban J connectivity index is 2.47. The fraction of sp³-hybridized carbons (Fsp3) is 0.214. The zero-order valence-corrected chi connectivity index (χ0v) is 11.6. The fourth-order valence-electron chi connectivity index (χ4n) is 1.32. The lowest BCUT2D eigenvalue weighted by Gasteiger charge is -2.03. The van der Waals surface area contributed by atoms with E-state index in [0.717, 1.165) is 5.56 Å². The molecule has 0 aliphatic carbocycles. The Morgan fingerprint density at radius 3 is 2.48 bits per heavy atom. The van der Waals surface area contributed by atoms with Gasteiger partial charge in [-0.25, -0.2) is 0 Å². The molecule has 0 unspecified atom stereocenters. The molecule has 0 spiro atoms. The van der Waals surface area contributed by atoms with E-state index in [2.05, 4.69) is 10.6 Å². The molecule has 7 nitrogen and oxygen atoms in total. The highest BCUT2D eigenvalue weighted by Crippen LogP contribution is 2.12. The summed E-state index contributed by atoms with van der Waals surface area (Å²) in [4.78, 5) is 32.9. The van der Waals surface area contributed by atoms with Crippen LogP contribution in [0.1, 0.15) is 5.56 Å². The molecule has 1 aromatic rings. The van der Waals surface area contributed by atoms with Crippen molar-refractivity contribution in [2.45, 2.75) is 0 Å². The van der Waals surface area contributed by atoms with Crippen molar-refractivity contribution in [2.75, 3.05) is 20.2 Å². The van der Waals surface area contributed by atoms with Crippen molar-refractivity contribution < 1.29 is 19.1 Å². The van der Waals surface area contributed by atoms with Gasteiger partial charge in [-0.2, -0.15) is 0 Å². The van der Waals surface area contributed by atoms with E-state index in [1.807, 2.05) is 0 Å². The van der Waals surface area contributed by atoms with Crippen LogP contribution < -0.4 is 21.1 Å². The first kappa shape index (κ1) is 16.2. The lowest BCUT2D eigenvalue weighted by Crippen LogP contribution is -2.34. The van der Waals surface area contributed by atoms with Crippen molar-refractivity contribution in [3.05, 3.63) is 35.9 Å². The second-order valence-corrected chi connectivity index (χ2v) is 4.05. The minimum atomic E-state index is -0.549. The Bertz CT molecular complexity index is 538. The fourth-order valence-corrected chi connectivity index (χ4v) is 1.32. The van der Waals surface area contributed by atoms with Gasteiger partial charge in [0.15, 0.2) is 6.61 Å². The second kappa shape index (κ2) is 8.36. The van der Waals surface area contributed by atoms with Crippen molar-refractivity contribution in [1.82, 2.24) is 10.6 Å². The molecule has 0 aliphatic rings. The Hall–Kier alpha value is -2.83. The third kappa shape index (κ3) is 6.76. The maximum atomic E-state index is 11.4. The SMILES string of the molecule is CNC(=O)CNC(=O)/C=C/c1ccc(OCC(N)=O)cc1. The summed E-state index contributed by atoms with van der Waals surface area (Å²) in [5.41, 5.74) is 5.74.